The molecule has 218 valence electrons. The molecule has 0 aliphatic rings. The number of terminal acetylenes is 1. The lowest BCUT2D eigenvalue weighted by Crippen LogP contribution is -2.45. The predicted molar refractivity (Wildman–Crippen MR) is 163 cm³/mol. The zero-order chi connectivity index (χ0) is 29.6. The molecule has 0 radical (unpaired) electrons. The summed E-state index contributed by atoms with van der Waals surface area (Å²) in [4.78, 5) is 0.0668. The molecular weight excluding hydrogens is 548 g/mol. The van der Waals surface area contributed by atoms with Crippen LogP contribution in [0.1, 0.15) is 28.7 Å². The van der Waals surface area contributed by atoms with Crippen LogP contribution in [0.25, 0.3) is 0 Å². The first kappa shape index (κ1) is 31.2. The Hall–Kier alpha value is -3.77. The molecule has 0 bridgehead atoms. The van der Waals surface area contributed by atoms with Crippen molar-refractivity contribution in [1.29, 1.82) is 0 Å². The first-order valence-electron chi connectivity index (χ1n) is 13.8. The topological polar surface area (TPSA) is 71.1 Å². The summed E-state index contributed by atoms with van der Waals surface area (Å²) in [5.41, 5.74) is 3.78. The van der Waals surface area contributed by atoms with Gasteiger partial charge in [0.25, 0.3) is 10.1 Å². The molecule has 0 fully saturated rings. The molecule has 0 spiro atoms. The number of hydrogen-bond acceptors (Lipinski definition) is 6. The van der Waals surface area contributed by atoms with Crippen LogP contribution in [0.5, 0.6) is 0 Å². The van der Waals surface area contributed by atoms with Crippen LogP contribution >= 0.6 is 0 Å². The summed E-state index contributed by atoms with van der Waals surface area (Å²) in [7, 11) is -4.07. The molecule has 6 nitrogen and oxygen atoms in total. The molecule has 0 unspecified atom stereocenters. The zero-order valence-electron chi connectivity index (χ0n) is 23.7. The minimum absolute atomic E-state index is 0.0668. The van der Waals surface area contributed by atoms with Crippen molar-refractivity contribution in [3.63, 3.8) is 0 Å². The minimum Gasteiger partial charge on any atom is -0.370 e. The van der Waals surface area contributed by atoms with E-state index >= 15 is 0 Å². The maximum atomic E-state index is 13.1. The van der Waals surface area contributed by atoms with E-state index in [1.165, 1.54) is 12.1 Å². The standard InChI is InChI=1S/C35H36O6S/c1-3-13-33(38-24-29-14-7-4-8-15-29)35(40-26-31-18-11-6-12-19-31)34(39-25-30-16-9-5-10-17-30)27-41-42(36,37)32-22-20-28(2)21-23-32/h1,4-12,14-23,33-35H,13,24-27H2,2H3/t33-,34-,35+/m1/s1. The van der Waals surface area contributed by atoms with E-state index in [-0.39, 0.29) is 31.1 Å². The fourth-order valence-corrected chi connectivity index (χ4v) is 5.25. The van der Waals surface area contributed by atoms with E-state index in [0.717, 1.165) is 22.3 Å². The fourth-order valence-electron chi connectivity index (χ4n) is 4.33. The van der Waals surface area contributed by atoms with E-state index in [1.54, 1.807) is 12.1 Å². The van der Waals surface area contributed by atoms with E-state index in [1.807, 2.05) is 97.9 Å². The van der Waals surface area contributed by atoms with Crippen molar-refractivity contribution >= 4 is 10.1 Å². The molecule has 0 aliphatic carbocycles. The number of hydrogen-bond donors (Lipinski definition) is 0. The van der Waals surface area contributed by atoms with Gasteiger partial charge in [-0.25, -0.2) is 0 Å². The third kappa shape index (κ3) is 9.66. The van der Waals surface area contributed by atoms with Crippen LogP contribution in [0, 0.1) is 19.3 Å². The van der Waals surface area contributed by atoms with Gasteiger partial charge < -0.3 is 14.2 Å². The van der Waals surface area contributed by atoms with Crippen molar-refractivity contribution in [2.45, 2.75) is 56.4 Å². The van der Waals surface area contributed by atoms with E-state index < -0.39 is 28.4 Å². The molecule has 4 rings (SSSR count). The number of rotatable bonds is 16. The molecule has 4 aromatic carbocycles. The predicted octanol–water partition coefficient (Wildman–Crippen LogP) is 6.48. The molecule has 7 heteroatoms. The van der Waals surface area contributed by atoms with Gasteiger partial charge in [0.15, 0.2) is 0 Å². The number of ether oxygens (including phenoxy) is 3. The van der Waals surface area contributed by atoms with Crippen molar-refractivity contribution < 1.29 is 26.8 Å². The van der Waals surface area contributed by atoms with Crippen molar-refractivity contribution in [2.24, 2.45) is 0 Å². The van der Waals surface area contributed by atoms with Crippen LogP contribution in [0.15, 0.2) is 120 Å². The van der Waals surface area contributed by atoms with Gasteiger partial charge in [-0.15, -0.1) is 12.3 Å². The molecule has 0 aromatic heterocycles. The van der Waals surface area contributed by atoms with Crippen molar-refractivity contribution in [3.8, 4) is 12.3 Å². The molecule has 0 amide bonds. The van der Waals surface area contributed by atoms with E-state index in [4.69, 9.17) is 24.8 Å². The van der Waals surface area contributed by atoms with Gasteiger partial charge in [-0.2, -0.15) is 8.42 Å². The highest BCUT2D eigenvalue weighted by molar-refractivity contribution is 7.86. The molecule has 42 heavy (non-hydrogen) atoms. The van der Waals surface area contributed by atoms with Gasteiger partial charge in [-0.05, 0) is 35.7 Å². The molecule has 0 N–H and O–H groups in total. The van der Waals surface area contributed by atoms with Gasteiger partial charge in [0.1, 0.15) is 12.2 Å². The summed E-state index contributed by atoms with van der Waals surface area (Å²) < 4.78 is 51.0. The van der Waals surface area contributed by atoms with Crippen molar-refractivity contribution in [3.05, 3.63) is 138 Å². The SMILES string of the molecule is C#CC[C@@H](OCc1ccccc1)[C@H](OCc1ccccc1)[C@@H](COS(=O)(=O)c1ccc(C)cc1)OCc1ccccc1. The third-order valence-electron chi connectivity index (χ3n) is 6.65. The Kier molecular flexibility index (Phi) is 11.9. The van der Waals surface area contributed by atoms with Gasteiger partial charge >= 0.3 is 0 Å². The normalized spacial score (nSPS) is 13.6. The highest BCUT2D eigenvalue weighted by Gasteiger charge is 2.34. The quantitative estimate of drug-likeness (QED) is 0.111. The maximum absolute atomic E-state index is 13.1. The van der Waals surface area contributed by atoms with E-state index in [2.05, 4.69) is 5.92 Å². The first-order chi connectivity index (χ1) is 20.4. The van der Waals surface area contributed by atoms with Crippen LogP contribution in [-0.4, -0.2) is 33.3 Å². The lowest BCUT2D eigenvalue weighted by Gasteiger charge is -2.33. The van der Waals surface area contributed by atoms with Crippen LogP contribution in [0.4, 0.5) is 0 Å². The summed E-state index contributed by atoms with van der Waals surface area (Å²) in [5, 5.41) is 0. The Morgan fingerprint density at radius 3 is 1.57 bits per heavy atom. The second-order valence-corrected chi connectivity index (χ2v) is 11.5. The summed E-state index contributed by atoms with van der Waals surface area (Å²) in [6.45, 7) is 2.36. The number of aryl methyl sites for hydroxylation is 1. The fraction of sp³-hybridized carbons (Fsp3) is 0.257. The molecule has 0 saturated heterocycles. The lowest BCUT2D eigenvalue weighted by molar-refractivity contribution is -0.157. The monoisotopic (exact) mass is 584 g/mol. The molecule has 0 saturated carbocycles. The molecular formula is C35H36O6S. The largest absolute Gasteiger partial charge is 0.370 e. The summed E-state index contributed by atoms with van der Waals surface area (Å²) in [6.07, 6.45) is 3.83. The zero-order valence-corrected chi connectivity index (χ0v) is 24.5. The first-order valence-corrected chi connectivity index (χ1v) is 15.2. The van der Waals surface area contributed by atoms with Gasteiger partial charge in [0.05, 0.1) is 37.4 Å². The average Bonchev–Trinajstić information content (AvgIpc) is 3.02. The Balaban J connectivity index is 1.61. The van der Waals surface area contributed by atoms with Gasteiger partial charge in [-0.1, -0.05) is 109 Å². The minimum atomic E-state index is -4.07. The van der Waals surface area contributed by atoms with Gasteiger partial charge in [-0.3, -0.25) is 4.18 Å². The molecule has 0 heterocycles. The van der Waals surface area contributed by atoms with Gasteiger partial charge in [0.2, 0.25) is 0 Å². The van der Waals surface area contributed by atoms with Crippen LogP contribution in [-0.2, 0) is 48.3 Å². The van der Waals surface area contributed by atoms with E-state index in [9.17, 15) is 8.42 Å². The Labute approximate surface area is 249 Å². The van der Waals surface area contributed by atoms with Crippen molar-refractivity contribution in [1.82, 2.24) is 0 Å². The summed E-state index contributed by atoms with van der Waals surface area (Å²) in [6, 6.07) is 35.6. The van der Waals surface area contributed by atoms with Crippen LogP contribution in [0.3, 0.4) is 0 Å². The Morgan fingerprint density at radius 1 is 0.643 bits per heavy atom. The maximum Gasteiger partial charge on any atom is 0.297 e. The van der Waals surface area contributed by atoms with Crippen LogP contribution in [0.2, 0.25) is 0 Å². The molecule has 4 aromatic rings. The Morgan fingerprint density at radius 2 is 1.10 bits per heavy atom. The number of benzene rings is 4. The summed E-state index contributed by atoms with van der Waals surface area (Å²) >= 11 is 0. The summed E-state index contributed by atoms with van der Waals surface area (Å²) in [5.74, 6) is 2.70. The molecule has 3 atom stereocenters. The Bertz CT molecular complexity index is 1480. The third-order valence-corrected chi connectivity index (χ3v) is 7.94. The van der Waals surface area contributed by atoms with Crippen molar-refractivity contribution in [2.75, 3.05) is 6.61 Å². The van der Waals surface area contributed by atoms with Crippen LogP contribution < -0.4 is 0 Å². The average molecular weight is 585 g/mol. The highest BCUT2D eigenvalue weighted by Crippen LogP contribution is 2.23. The lowest BCUT2D eigenvalue weighted by atomic mass is 10.0. The smallest absolute Gasteiger partial charge is 0.297 e. The van der Waals surface area contributed by atoms with Gasteiger partial charge in [0, 0.05) is 6.42 Å². The highest BCUT2D eigenvalue weighted by atomic mass is 32.2. The molecule has 0 aliphatic heterocycles. The van der Waals surface area contributed by atoms with E-state index in [0.29, 0.717) is 6.61 Å². The second-order valence-electron chi connectivity index (χ2n) is 9.89. The second kappa shape index (κ2) is 16.0.